The fourth-order valence-electron chi connectivity index (χ4n) is 0. The van der Waals surface area contributed by atoms with Gasteiger partial charge in [-0.25, -0.2) is 0 Å². The van der Waals surface area contributed by atoms with E-state index in [1.54, 1.807) is 0 Å². The van der Waals surface area contributed by atoms with Gasteiger partial charge in [0.15, 0.2) is 17.4 Å². The molecule has 0 saturated carbocycles. The van der Waals surface area contributed by atoms with E-state index in [-0.39, 0.29) is 74.0 Å². The molecule has 0 aliphatic heterocycles. The van der Waals surface area contributed by atoms with Crippen LogP contribution < -0.4 is 0 Å². The normalized spacial score (nSPS) is 0. The molecule has 4 heavy (non-hydrogen) atoms. The zero-order valence-electron chi connectivity index (χ0n) is 0.618. The molecule has 1 radical (unpaired) electrons. The molecule has 0 bridgehead atoms. The summed E-state index contributed by atoms with van der Waals surface area (Å²) in [5.41, 5.74) is 0. The quantitative estimate of drug-likeness (QED) is 0.373. The standard InChI is InChI=1S/Al.Cu.Mg.Ni.5H. The van der Waals surface area contributed by atoms with Gasteiger partial charge in [-0.3, -0.25) is 0 Å². The van der Waals surface area contributed by atoms with Crippen LogP contribution in [0.2, 0.25) is 0 Å². The Labute approximate surface area is 73.2 Å². The third-order valence-corrected chi connectivity index (χ3v) is 0. The van der Waals surface area contributed by atoms with Gasteiger partial charge in [0.05, 0.1) is 0 Å². The van der Waals surface area contributed by atoms with Gasteiger partial charge in [-0.05, 0) is 0 Å². The van der Waals surface area contributed by atoms with Crippen LogP contribution >= 0.6 is 0 Å². The fraction of sp³-hybridized carbons (Fsp3) is 0. The van der Waals surface area contributed by atoms with Gasteiger partial charge in [0.1, 0.15) is 0 Å². The summed E-state index contributed by atoms with van der Waals surface area (Å²) in [6.07, 6.45) is 0. The number of hydrogen-bond acceptors (Lipinski definition) is 0. The minimum absolute atomic E-state index is 0. The van der Waals surface area contributed by atoms with Crippen molar-refractivity contribution in [1.82, 2.24) is 0 Å². The summed E-state index contributed by atoms with van der Waals surface area (Å²) < 4.78 is 0. The minimum atomic E-state index is 0. The van der Waals surface area contributed by atoms with Crippen LogP contribution in [0.5, 0.6) is 0 Å². The fourth-order valence-corrected chi connectivity index (χ4v) is 0. The van der Waals surface area contributed by atoms with E-state index < -0.39 is 0 Å². The average molecular weight is 179 g/mol. The van der Waals surface area contributed by atoms with Crippen LogP contribution in [0.3, 0.4) is 0 Å². The molecule has 0 atom stereocenters. The molecule has 0 amide bonds. The van der Waals surface area contributed by atoms with E-state index in [2.05, 4.69) is 0 Å². The molecule has 0 aliphatic carbocycles. The van der Waals surface area contributed by atoms with Crippen molar-refractivity contribution in [3.63, 3.8) is 0 Å². The second-order valence-electron chi connectivity index (χ2n) is 0. The van der Waals surface area contributed by atoms with Crippen LogP contribution in [0.1, 0.15) is 0 Å². The Morgan fingerprint density at radius 3 is 1.00 bits per heavy atom. The van der Waals surface area contributed by atoms with E-state index in [4.69, 9.17) is 0 Å². The van der Waals surface area contributed by atoms with Gasteiger partial charge in [0, 0.05) is 33.6 Å². The van der Waals surface area contributed by atoms with Crippen molar-refractivity contribution >= 4 is 40.4 Å². The van der Waals surface area contributed by atoms with Gasteiger partial charge in [0.2, 0.25) is 0 Å². The summed E-state index contributed by atoms with van der Waals surface area (Å²) in [7, 11) is 0. The zero-order chi connectivity index (χ0) is 0. The predicted molar refractivity (Wildman–Crippen MR) is 18.5 cm³/mol. The molecule has 0 aliphatic rings. The second-order valence-corrected chi connectivity index (χ2v) is 0. The number of rotatable bonds is 0. The van der Waals surface area contributed by atoms with Gasteiger partial charge in [-0.1, -0.05) is 0 Å². The molecule has 0 saturated heterocycles. The Balaban J connectivity index is 0. The molecule has 0 aromatic carbocycles. The molecule has 0 N–H and O–H groups in total. The van der Waals surface area contributed by atoms with Crippen LogP contribution in [0, 0.1) is 0 Å². The molecule has 0 rings (SSSR count). The first-order valence-corrected chi connectivity index (χ1v) is 0. The van der Waals surface area contributed by atoms with Crippen molar-refractivity contribution in [1.29, 1.82) is 0 Å². The van der Waals surface area contributed by atoms with Gasteiger partial charge in [-0.15, -0.1) is 0 Å². The molecular weight excluding hydrogens is 174 g/mol. The van der Waals surface area contributed by atoms with Crippen molar-refractivity contribution in [3.8, 4) is 0 Å². The van der Waals surface area contributed by atoms with Gasteiger partial charge >= 0.3 is 23.1 Å². The largest absolute Gasteiger partial charge is 0.316 e. The first-order chi connectivity index (χ1) is 0. The molecule has 0 spiro atoms. The molecule has 31 valence electrons. The summed E-state index contributed by atoms with van der Waals surface area (Å²) in [5, 5.41) is 0. The van der Waals surface area contributed by atoms with Crippen molar-refractivity contribution < 1.29 is 33.6 Å². The van der Waals surface area contributed by atoms with E-state index in [1.165, 1.54) is 0 Å². The Morgan fingerprint density at radius 2 is 1.00 bits per heavy atom. The molecule has 0 fully saturated rings. The maximum absolute atomic E-state index is 0. The monoisotopic (exact) mass is 177 g/mol. The summed E-state index contributed by atoms with van der Waals surface area (Å²) in [5.74, 6) is 0. The topological polar surface area (TPSA) is 0 Å². The number of hydrogen-bond donors (Lipinski definition) is 0. The van der Waals surface area contributed by atoms with Gasteiger partial charge < -0.3 is 0 Å². The SMILES string of the molecule is [AlH3].[Cu].[MgH2].[Ni]. The summed E-state index contributed by atoms with van der Waals surface area (Å²) in [4.78, 5) is 0. The van der Waals surface area contributed by atoms with Gasteiger partial charge in [0.25, 0.3) is 0 Å². The van der Waals surface area contributed by atoms with Crippen molar-refractivity contribution in [3.05, 3.63) is 0 Å². The van der Waals surface area contributed by atoms with E-state index in [1.807, 2.05) is 0 Å². The summed E-state index contributed by atoms with van der Waals surface area (Å²) in [6.45, 7) is 0. The van der Waals surface area contributed by atoms with Gasteiger partial charge in [-0.2, -0.15) is 0 Å². The summed E-state index contributed by atoms with van der Waals surface area (Å²) in [6, 6.07) is 0. The van der Waals surface area contributed by atoms with Crippen LogP contribution in [0.15, 0.2) is 0 Å². The maximum Gasteiger partial charge on any atom is 0.316 e. The van der Waals surface area contributed by atoms with E-state index in [0.717, 1.165) is 0 Å². The maximum atomic E-state index is 0. The molecular formula is H5AlCuMgNi. The molecule has 0 aromatic heterocycles. The minimum Gasteiger partial charge on any atom is 0 e. The molecule has 0 unspecified atom stereocenters. The smallest absolute Gasteiger partial charge is 0 e. The first kappa shape index (κ1) is 33.3. The molecule has 4 heteroatoms. The second kappa shape index (κ2) is 18.5. The van der Waals surface area contributed by atoms with Crippen molar-refractivity contribution in [2.75, 3.05) is 0 Å². The molecule has 0 nitrogen and oxygen atoms in total. The van der Waals surface area contributed by atoms with Crippen LogP contribution in [0.4, 0.5) is 0 Å². The zero-order valence-corrected chi connectivity index (χ0v) is 2.55. The van der Waals surface area contributed by atoms with E-state index >= 15 is 0 Å². The Kier molecular flexibility index (Phi) is 154. The van der Waals surface area contributed by atoms with E-state index in [9.17, 15) is 0 Å². The molecule has 0 heterocycles. The third kappa shape index (κ3) is 8.85. The first-order valence-electron chi connectivity index (χ1n) is 0. The Bertz CT molecular complexity index is 8.00. The molecule has 0 aromatic rings. The van der Waals surface area contributed by atoms with Crippen molar-refractivity contribution in [2.45, 2.75) is 0 Å². The Hall–Kier alpha value is 2.31. The van der Waals surface area contributed by atoms with Crippen LogP contribution in [-0.2, 0) is 33.6 Å². The average Bonchev–Trinajstić information content (AvgIpc) is 0. The van der Waals surface area contributed by atoms with Crippen LogP contribution in [0.25, 0.3) is 0 Å². The van der Waals surface area contributed by atoms with E-state index in [0.29, 0.717) is 0 Å². The summed E-state index contributed by atoms with van der Waals surface area (Å²) >= 11 is 0. The van der Waals surface area contributed by atoms with Crippen LogP contribution in [-0.4, -0.2) is 40.4 Å². The third-order valence-electron chi connectivity index (χ3n) is 0. The van der Waals surface area contributed by atoms with Crippen molar-refractivity contribution in [2.24, 2.45) is 0 Å². The Morgan fingerprint density at radius 1 is 1.00 bits per heavy atom. The predicted octanol–water partition coefficient (Wildman–Crippen LogP) is -2.11.